The molecule has 2 aromatic heterocycles. The van der Waals surface area contributed by atoms with Crippen LogP contribution in [-0.2, 0) is 13.0 Å². The van der Waals surface area contributed by atoms with E-state index in [2.05, 4.69) is 39.2 Å². The van der Waals surface area contributed by atoms with E-state index >= 15 is 0 Å². The third-order valence-electron chi connectivity index (χ3n) is 5.03. The molecule has 5 rings (SSSR count). The number of benzene rings is 2. The van der Waals surface area contributed by atoms with Gasteiger partial charge in [-0.2, -0.15) is 5.10 Å². The molecule has 6 heteroatoms. The second-order valence-corrected chi connectivity index (χ2v) is 6.80. The van der Waals surface area contributed by atoms with Crippen LogP contribution >= 0.6 is 0 Å². The molecule has 134 valence electrons. The number of H-pyrrole nitrogens is 1. The molecule has 0 saturated heterocycles. The van der Waals surface area contributed by atoms with Crippen molar-refractivity contribution in [1.29, 1.82) is 0 Å². The maximum Gasteiger partial charge on any atom is 0.262 e. The van der Waals surface area contributed by atoms with E-state index in [-0.39, 0.29) is 5.56 Å². The Labute approximate surface area is 156 Å². The van der Waals surface area contributed by atoms with Crippen LogP contribution in [0.4, 0.5) is 5.69 Å². The summed E-state index contributed by atoms with van der Waals surface area (Å²) in [6.45, 7) is 1.53. The van der Waals surface area contributed by atoms with Crippen LogP contribution in [0.1, 0.15) is 17.8 Å². The highest BCUT2D eigenvalue weighted by molar-refractivity contribution is 5.75. The van der Waals surface area contributed by atoms with Crippen molar-refractivity contribution in [1.82, 2.24) is 19.7 Å². The van der Waals surface area contributed by atoms with Crippen LogP contribution in [0.15, 0.2) is 65.6 Å². The highest BCUT2D eigenvalue weighted by Crippen LogP contribution is 2.27. The minimum absolute atomic E-state index is 0.150. The molecular weight excluding hydrogens is 338 g/mol. The molecule has 0 atom stereocenters. The number of nitrogens with one attached hydrogen (secondary N) is 1. The maximum absolute atomic E-state index is 12.6. The Kier molecular flexibility index (Phi) is 3.74. The zero-order chi connectivity index (χ0) is 18.2. The van der Waals surface area contributed by atoms with Gasteiger partial charge in [0.25, 0.3) is 5.56 Å². The lowest BCUT2D eigenvalue weighted by Crippen LogP contribution is -2.30. The normalized spacial score (nSPS) is 13.7. The number of rotatable bonds is 3. The second-order valence-electron chi connectivity index (χ2n) is 6.80. The van der Waals surface area contributed by atoms with Gasteiger partial charge in [-0.25, -0.2) is 9.67 Å². The van der Waals surface area contributed by atoms with E-state index in [4.69, 9.17) is 4.98 Å². The first kappa shape index (κ1) is 15.8. The molecular formula is C21H19N5O. The first-order valence-corrected chi connectivity index (χ1v) is 9.15. The molecule has 4 aromatic rings. The Morgan fingerprint density at radius 1 is 1.04 bits per heavy atom. The molecule has 0 radical (unpaired) electrons. The summed E-state index contributed by atoms with van der Waals surface area (Å²) >= 11 is 0. The number of aromatic amines is 1. The zero-order valence-electron chi connectivity index (χ0n) is 14.8. The molecule has 0 bridgehead atoms. The van der Waals surface area contributed by atoms with Gasteiger partial charge in [0.2, 0.25) is 0 Å². The van der Waals surface area contributed by atoms with E-state index in [1.165, 1.54) is 11.3 Å². The fourth-order valence-electron chi connectivity index (χ4n) is 3.75. The lowest BCUT2D eigenvalue weighted by atomic mass is 10.0. The third kappa shape index (κ3) is 2.79. The summed E-state index contributed by atoms with van der Waals surface area (Å²) in [4.78, 5) is 22.5. The van der Waals surface area contributed by atoms with Crippen LogP contribution in [0.25, 0.3) is 16.7 Å². The number of para-hydroxylation sites is 2. The van der Waals surface area contributed by atoms with E-state index in [0.717, 1.165) is 25.1 Å². The van der Waals surface area contributed by atoms with Gasteiger partial charge in [-0.1, -0.05) is 36.4 Å². The van der Waals surface area contributed by atoms with Crippen LogP contribution < -0.4 is 10.5 Å². The number of anilines is 1. The van der Waals surface area contributed by atoms with E-state index < -0.39 is 0 Å². The quantitative estimate of drug-likeness (QED) is 0.612. The highest BCUT2D eigenvalue weighted by Gasteiger charge is 2.18. The Morgan fingerprint density at radius 3 is 2.74 bits per heavy atom. The SMILES string of the molecule is O=c1[nH]c(CN2CCCc3ccccc32)nc2c1cnn2-c1ccccc1. The average Bonchev–Trinajstić information content (AvgIpc) is 3.13. The zero-order valence-corrected chi connectivity index (χ0v) is 14.8. The van der Waals surface area contributed by atoms with Gasteiger partial charge < -0.3 is 9.88 Å². The van der Waals surface area contributed by atoms with Crippen molar-refractivity contribution in [2.45, 2.75) is 19.4 Å². The second kappa shape index (κ2) is 6.39. The molecule has 0 fully saturated rings. The van der Waals surface area contributed by atoms with Gasteiger partial charge >= 0.3 is 0 Å². The first-order valence-electron chi connectivity index (χ1n) is 9.15. The highest BCUT2D eigenvalue weighted by atomic mass is 16.1. The van der Waals surface area contributed by atoms with E-state index in [1.54, 1.807) is 10.9 Å². The van der Waals surface area contributed by atoms with Crippen LogP contribution in [0.2, 0.25) is 0 Å². The number of fused-ring (bicyclic) bond motifs is 2. The Morgan fingerprint density at radius 2 is 1.85 bits per heavy atom. The Balaban J connectivity index is 1.56. The molecule has 2 aromatic carbocycles. The van der Waals surface area contributed by atoms with Gasteiger partial charge in [-0.05, 0) is 36.6 Å². The van der Waals surface area contributed by atoms with Crippen molar-refractivity contribution in [2.75, 3.05) is 11.4 Å². The molecule has 6 nitrogen and oxygen atoms in total. The molecule has 1 aliphatic heterocycles. The molecule has 27 heavy (non-hydrogen) atoms. The standard InChI is InChI=1S/C21H19N5O/c27-21-17-13-22-26(16-9-2-1-3-10-16)20(17)23-19(24-21)14-25-12-6-8-15-7-4-5-11-18(15)25/h1-5,7,9-11,13H,6,8,12,14H2,(H,23,24,27). The number of nitrogens with zero attached hydrogens (tertiary/aromatic N) is 4. The van der Waals surface area contributed by atoms with Crippen molar-refractivity contribution in [3.05, 3.63) is 82.5 Å². The fourth-order valence-corrected chi connectivity index (χ4v) is 3.75. The smallest absolute Gasteiger partial charge is 0.262 e. The number of hydrogen-bond donors (Lipinski definition) is 1. The molecule has 0 amide bonds. The summed E-state index contributed by atoms with van der Waals surface area (Å²) in [5, 5.41) is 4.87. The lowest BCUT2D eigenvalue weighted by Gasteiger charge is -2.30. The van der Waals surface area contributed by atoms with E-state index in [0.29, 0.717) is 23.4 Å². The van der Waals surface area contributed by atoms with Crippen molar-refractivity contribution < 1.29 is 0 Å². The first-order chi connectivity index (χ1) is 13.3. The lowest BCUT2D eigenvalue weighted by molar-refractivity contribution is 0.673. The van der Waals surface area contributed by atoms with Crippen LogP contribution in [0.3, 0.4) is 0 Å². The molecule has 1 N–H and O–H groups in total. The van der Waals surface area contributed by atoms with Crippen LogP contribution in [0.5, 0.6) is 0 Å². The predicted molar refractivity (Wildman–Crippen MR) is 105 cm³/mol. The van der Waals surface area contributed by atoms with Crippen LogP contribution in [0, 0.1) is 0 Å². The molecule has 0 aliphatic carbocycles. The van der Waals surface area contributed by atoms with Crippen LogP contribution in [-0.4, -0.2) is 26.3 Å². The summed E-state index contributed by atoms with van der Waals surface area (Å²) in [6.07, 6.45) is 3.77. The minimum atomic E-state index is -0.150. The van der Waals surface area contributed by atoms with E-state index in [9.17, 15) is 4.79 Å². The summed E-state index contributed by atoms with van der Waals surface area (Å²) < 4.78 is 1.72. The average molecular weight is 357 g/mol. The molecule has 0 saturated carbocycles. The Hall–Kier alpha value is -3.41. The summed E-state index contributed by atoms with van der Waals surface area (Å²) in [5.74, 6) is 0.655. The molecule has 3 heterocycles. The van der Waals surface area contributed by atoms with Gasteiger partial charge in [0.15, 0.2) is 5.65 Å². The van der Waals surface area contributed by atoms with Gasteiger partial charge in [0.1, 0.15) is 11.2 Å². The van der Waals surface area contributed by atoms with Crippen molar-refractivity contribution in [3.8, 4) is 5.69 Å². The van der Waals surface area contributed by atoms with Crippen molar-refractivity contribution in [2.24, 2.45) is 0 Å². The largest absolute Gasteiger partial charge is 0.364 e. The van der Waals surface area contributed by atoms with Crippen molar-refractivity contribution >= 4 is 16.7 Å². The summed E-state index contributed by atoms with van der Waals surface area (Å²) in [7, 11) is 0. The predicted octanol–water partition coefficient (Wildman–Crippen LogP) is 3.06. The van der Waals surface area contributed by atoms with Gasteiger partial charge in [-0.3, -0.25) is 4.79 Å². The number of aryl methyl sites for hydroxylation is 1. The Bertz CT molecular complexity index is 1160. The van der Waals surface area contributed by atoms with Gasteiger partial charge in [-0.15, -0.1) is 0 Å². The maximum atomic E-state index is 12.6. The number of aromatic nitrogens is 4. The third-order valence-corrected chi connectivity index (χ3v) is 5.03. The molecule has 1 aliphatic rings. The molecule has 0 spiro atoms. The summed E-state index contributed by atoms with van der Waals surface area (Å²) in [6, 6.07) is 18.2. The minimum Gasteiger partial charge on any atom is -0.364 e. The summed E-state index contributed by atoms with van der Waals surface area (Å²) in [5.41, 5.74) is 3.90. The van der Waals surface area contributed by atoms with Crippen molar-refractivity contribution in [3.63, 3.8) is 0 Å². The van der Waals surface area contributed by atoms with Gasteiger partial charge in [0, 0.05) is 12.2 Å². The van der Waals surface area contributed by atoms with Gasteiger partial charge in [0.05, 0.1) is 18.4 Å². The fraction of sp³-hybridized carbons (Fsp3) is 0.190. The van der Waals surface area contributed by atoms with E-state index in [1.807, 2.05) is 30.3 Å². The molecule has 0 unspecified atom stereocenters. The monoisotopic (exact) mass is 357 g/mol. The number of hydrogen-bond acceptors (Lipinski definition) is 4. The topological polar surface area (TPSA) is 66.8 Å².